The summed E-state index contributed by atoms with van der Waals surface area (Å²) in [5.41, 5.74) is 1.02. The van der Waals surface area contributed by atoms with Crippen LogP contribution in [0.2, 0.25) is 0 Å². The van der Waals surface area contributed by atoms with E-state index in [4.69, 9.17) is 4.98 Å². The first kappa shape index (κ1) is 20.4. The normalized spacial score (nSPS) is 15.6. The SMILES string of the molecule is CC[C@@H](C)n1c(SCC(=O)NC(C)(C)C)nc2sc3c(c2c1=O)CCCC3. The number of rotatable bonds is 5. The van der Waals surface area contributed by atoms with E-state index in [1.807, 2.05) is 27.7 Å². The van der Waals surface area contributed by atoms with Crippen molar-refractivity contribution in [2.24, 2.45) is 0 Å². The van der Waals surface area contributed by atoms with Gasteiger partial charge in [-0.3, -0.25) is 14.2 Å². The first-order valence-electron chi connectivity index (χ1n) is 9.72. The second kappa shape index (κ2) is 7.95. The Morgan fingerprint density at radius 1 is 1.33 bits per heavy atom. The average molecular weight is 408 g/mol. The Bertz CT molecular complexity index is 909. The molecule has 5 nitrogen and oxygen atoms in total. The Kier molecular flexibility index (Phi) is 6.01. The number of aryl methyl sites for hydroxylation is 2. The van der Waals surface area contributed by atoms with Gasteiger partial charge in [-0.15, -0.1) is 11.3 Å². The fourth-order valence-electron chi connectivity index (χ4n) is 3.46. The maximum Gasteiger partial charge on any atom is 0.263 e. The van der Waals surface area contributed by atoms with Crippen LogP contribution in [0.25, 0.3) is 10.2 Å². The Hall–Kier alpha value is -1.34. The van der Waals surface area contributed by atoms with Crippen molar-refractivity contribution >= 4 is 39.2 Å². The Balaban J connectivity index is 2.01. The molecule has 1 aliphatic rings. The van der Waals surface area contributed by atoms with Crippen molar-refractivity contribution in [2.45, 2.75) is 83.5 Å². The zero-order valence-corrected chi connectivity index (χ0v) is 18.5. The average Bonchev–Trinajstić information content (AvgIpc) is 2.96. The lowest BCUT2D eigenvalue weighted by molar-refractivity contribution is -0.119. The highest BCUT2D eigenvalue weighted by molar-refractivity contribution is 7.99. The summed E-state index contributed by atoms with van der Waals surface area (Å²) in [6.07, 6.45) is 5.21. The number of nitrogens with zero attached hydrogens (tertiary/aromatic N) is 2. The number of aromatic nitrogens is 2. The summed E-state index contributed by atoms with van der Waals surface area (Å²) in [5.74, 6) is 0.222. The number of thiophene rings is 1. The molecule has 2 aromatic rings. The van der Waals surface area contributed by atoms with E-state index < -0.39 is 0 Å². The maximum atomic E-state index is 13.4. The van der Waals surface area contributed by atoms with Gasteiger partial charge in [0.05, 0.1) is 11.1 Å². The molecular weight excluding hydrogens is 378 g/mol. The Labute approximate surface area is 169 Å². The third-order valence-corrected chi connectivity index (χ3v) is 7.01. The number of carbonyl (C=O) groups is 1. The van der Waals surface area contributed by atoms with Crippen LogP contribution in [0.1, 0.15) is 70.4 Å². The van der Waals surface area contributed by atoms with Gasteiger partial charge < -0.3 is 5.32 Å². The highest BCUT2D eigenvalue weighted by Gasteiger charge is 2.24. The molecule has 0 unspecified atom stereocenters. The van der Waals surface area contributed by atoms with E-state index in [-0.39, 0.29) is 28.8 Å². The predicted octanol–water partition coefficient (Wildman–Crippen LogP) is 4.31. The zero-order chi connectivity index (χ0) is 19.8. The summed E-state index contributed by atoms with van der Waals surface area (Å²) in [7, 11) is 0. The molecule has 2 heterocycles. The molecule has 148 valence electrons. The summed E-state index contributed by atoms with van der Waals surface area (Å²) in [6.45, 7) is 10.0. The molecule has 27 heavy (non-hydrogen) atoms. The van der Waals surface area contributed by atoms with E-state index in [1.165, 1.54) is 28.6 Å². The minimum absolute atomic E-state index is 0.0389. The van der Waals surface area contributed by atoms with Crippen molar-refractivity contribution in [3.8, 4) is 0 Å². The standard InChI is InChI=1S/C20H29N3O2S2/c1-6-12(2)23-18(25)16-13-9-7-8-10-14(13)27-17(16)21-19(23)26-11-15(24)22-20(3,4)5/h12H,6-11H2,1-5H3,(H,22,24)/t12-/m1/s1. The molecule has 0 radical (unpaired) electrons. The summed E-state index contributed by atoms with van der Waals surface area (Å²) in [6, 6.07) is 0.0571. The fourth-order valence-corrected chi connectivity index (χ4v) is 5.66. The maximum absolute atomic E-state index is 13.4. The van der Waals surface area contributed by atoms with Gasteiger partial charge in [0.2, 0.25) is 5.91 Å². The summed E-state index contributed by atoms with van der Waals surface area (Å²) in [4.78, 5) is 32.6. The van der Waals surface area contributed by atoms with Crippen molar-refractivity contribution in [2.75, 3.05) is 5.75 Å². The number of thioether (sulfide) groups is 1. The summed E-state index contributed by atoms with van der Waals surface area (Å²) in [5, 5.41) is 4.45. The molecule has 3 rings (SSSR count). The highest BCUT2D eigenvalue weighted by atomic mass is 32.2. The van der Waals surface area contributed by atoms with Crippen molar-refractivity contribution in [1.82, 2.24) is 14.9 Å². The first-order valence-corrected chi connectivity index (χ1v) is 11.5. The van der Waals surface area contributed by atoms with Crippen molar-refractivity contribution in [3.63, 3.8) is 0 Å². The van der Waals surface area contributed by atoms with E-state index in [1.54, 1.807) is 15.9 Å². The third-order valence-electron chi connectivity index (χ3n) is 4.87. The molecule has 1 atom stereocenters. The summed E-state index contributed by atoms with van der Waals surface area (Å²) >= 11 is 3.02. The molecule has 0 fully saturated rings. The van der Waals surface area contributed by atoms with Crippen LogP contribution in [0.15, 0.2) is 9.95 Å². The Morgan fingerprint density at radius 3 is 2.70 bits per heavy atom. The number of amides is 1. The van der Waals surface area contributed by atoms with Crippen LogP contribution < -0.4 is 10.9 Å². The quantitative estimate of drug-likeness (QED) is 0.592. The Morgan fingerprint density at radius 2 is 2.04 bits per heavy atom. The van der Waals surface area contributed by atoms with Gasteiger partial charge in [0.25, 0.3) is 5.56 Å². The minimum atomic E-state index is -0.266. The fraction of sp³-hybridized carbons (Fsp3) is 0.650. The van der Waals surface area contributed by atoms with E-state index in [2.05, 4.69) is 12.2 Å². The highest BCUT2D eigenvalue weighted by Crippen LogP contribution is 2.35. The van der Waals surface area contributed by atoms with Crippen LogP contribution >= 0.6 is 23.1 Å². The monoisotopic (exact) mass is 407 g/mol. The molecular formula is C20H29N3O2S2. The third kappa shape index (κ3) is 4.40. The lowest BCUT2D eigenvalue weighted by Gasteiger charge is -2.21. The molecule has 2 aromatic heterocycles. The number of carbonyl (C=O) groups excluding carboxylic acids is 1. The lowest BCUT2D eigenvalue weighted by Crippen LogP contribution is -2.41. The lowest BCUT2D eigenvalue weighted by atomic mass is 9.97. The second-order valence-corrected chi connectivity index (χ2v) is 10.3. The number of fused-ring (bicyclic) bond motifs is 3. The van der Waals surface area contributed by atoms with Gasteiger partial charge in [-0.2, -0.15) is 0 Å². The second-order valence-electron chi connectivity index (χ2n) is 8.30. The van der Waals surface area contributed by atoms with Crippen LogP contribution in [-0.4, -0.2) is 26.8 Å². The molecule has 1 N–H and O–H groups in total. The van der Waals surface area contributed by atoms with Gasteiger partial charge in [0.15, 0.2) is 5.16 Å². The zero-order valence-electron chi connectivity index (χ0n) is 16.8. The molecule has 1 amide bonds. The molecule has 0 bridgehead atoms. The molecule has 0 aliphatic heterocycles. The van der Waals surface area contributed by atoms with Crippen molar-refractivity contribution in [1.29, 1.82) is 0 Å². The largest absolute Gasteiger partial charge is 0.351 e. The van der Waals surface area contributed by atoms with E-state index in [0.717, 1.165) is 35.9 Å². The van der Waals surface area contributed by atoms with Crippen molar-refractivity contribution in [3.05, 3.63) is 20.8 Å². The number of hydrogen-bond acceptors (Lipinski definition) is 5. The molecule has 0 saturated heterocycles. The van der Waals surface area contributed by atoms with E-state index in [0.29, 0.717) is 5.16 Å². The molecule has 0 spiro atoms. The number of nitrogens with one attached hydrogen (secondary N) is 1. The van der Waals surface area contributed by atoms with E-state index in [9.17, 15) is 9.59 Å². The van der Waals surface area contributed by atoms with Gasteiger partial charge in [-0.25, -0.2) is 4.98 Å². The van der Waals surface area contributed by atoms with Gasteiger partial charge in [0.1, 0.15) is 4.83 Å². The van der Waals surface area contributed by atoms with Crippen LogP contribution in [0.4, 0.5) is 0 Å². The smallest absolute Gasteiger partial charge is 0.263 e. The van der Waals surface area contributed by atoms with Gasteiger partial charge >= 0.3 is 0 Å². The molecule has 0 saturated carbocycles. The molecule has 1 aliphatic carbocycles. The minimum Gasteiger partial charge on any atom is -0.351 e. The van der Waals surface area contributed by atoms with Crippen LogP contribution in [0, 0.1) is 0 Å². The van der Waals surface area contributed by atoms with Crippen LogP contribution in [0.5, 0.6) is 0 Å². The summed E-state index contributed by atoms with van der Waals surface area (Å²) < 4.78 is 1.80. The first-order chi connectivity index (χ1) is 12.7. The van der Waals surface area contributed by atoms with Gasteiger partial charge in [0, 0.05) is 16.5 Å². The van der Waals surface area contributed by atoms with Gasteiger partial charge in [-0.1, -0.05) is 18.7 Å². The molecule has 0 aromatic carbocycles. The molecule has 7 heteroatoms. The van der Waals surface area contributed by atoms with E-state index >= 15 is 0 Å². The van der Waals surface area contributed by atoms with Crippen LogP contribution in [0.3, 0.4) is 0 Å². The van der Waals surface area contributed by atoms with Crippen molar-refractivity contribution < 1.29 is 4.79 Å². The topological polar surface area (TPSA) is 64.0 Å². The van der Waals surface area contributed by atoms with Gasteiger partial charge in [-0.05, 0) is 65.4 Å². The predicted molar refractivity (Wildman–Crippen MR) is 114 cm³/mol. The van der Waals surface area contributed by atoms with Crippen LogP contribution in [-0.2, 0) is 17.6 Å². The number of hydrogen-bond donors (Lipinski definition) is 1.